The molecule has 2 amide bonds. The Balaban J connectivity index is 1.82. The summed E-state index contributed by atoms with van der Waals surface area (Å²) in [6.07, 6.45) is 1.86. The molecule has 0 aromatic heterocycles. The topological polar surface area (TPSA) is 62.6 Å². The predicted octanol–water partition coefficient (Wildman–Crippen LogP) is 2.45. The Bertz CT molecular complexity index is 735. The lowest BCUT2D eigenvalue weighted by Gasteiger charge is -2.20. The predicted molar refractivity (Wildman–Crippen MR) is 109 cm³/mol. The van der Waals surface area contributed by atoms with E-state index in [1.54, 1.807) is 24.3 Å². The third-order valence-electron chi connectivity index (χ3n) is 4.17. The first-order chi connectivity index (χ1) is 13.0. The molecule has 0 bridgehead atoms. The molecule has 2 rings (SSSR count). The maximum Gasteiger partial charge on any atom is 0.279 e. The molecule has 0 radical (unpaired) electrons. The molecular formula is C21H27ClN3O2+. The second kappa shape index (κ2) is 10.7. The van der Waals surface area contributed by atoms with Crippen molar-refractivity contribution >= 4 is 29.1 Å². The van der Waals surface area contributed by atoms with E-state index in [-0.39, 0.29) is 30.9 Å². The van der Waals surface area contributed by atoms with Gasteiger partial charge in [0, 0.05) is 10.7 Å². The average molecular weight is 389 g/mol. The van der Waals surface area contributed by atoms with E-state index in [1.165, 1.54) is 0 Å². The van der Waals surface area contributed by atoms with Crippen LogP contribution in [0.5, 0.6) is 0 Å². The first kappa shape index (κ1) is 20.9. The lowest BCUT2D eigenvalue weighted by atomic mass is 10.0. The molecule has 0 spiro atoms. The van der Waals surface area contributed by atoms with Crippen LogP contribution in [0.4, 0.5) is 5.69 Å². The van der Waals surface area contributed by atoms with Crippen molar-refractivity contribution in [3.8, 4) is 0 Å². The smallest absolute Gasteiger partial charge is 0.279 e. The van der Waals surface area contributed by atoms with Crippen molar-refractivity contribution in [3.05, 3.63) is 65.2 Å². The minimum Gasteiger partial charge on any atom is -0.344 e. The summed E-state index contributed by atoms with van der Waals surface area (Å²) in [6.45, 7) is 2.54. The van der Waals surface area contributed by atoms with Crippen LogP contribution >= 0.6 is 11.6 Å². The molecule has 0 saturated heterocycles. The lowest BCUT2D eigenvalue weighted by molar-refractivity contribution is -0.862. The van der Waals surface area contributed by atoms with Gasteiger partial charge in [-0.15, -0.1) is 0 Å². The van der Waals surface area contributed by atoms with Crippen molar-refractivity contribution in [3.63, 3.8) is 0 Å². The van der Waals surface area contributed by atoms with Gasteiger partial charge in [-0.25, -0.2) is 0 Å². The Kier molecular flexibility index (Phi) is 8.30. The zero-order valence-corrected chi connectivity index (χ0v) is 16.6. The summed E-state index contributed by atoms with van der Waals surface area (Å²) in [5.74, 6) is -0.204. The Morgan fingerprint density at radius 3 is 2.26 bits per heavy atom. The van der Waals surface area contributed by atoms with Crippen LogP contribution in [0.25, 0.3) is 0 Å². The van der Waals surface area contributed by atoms with Gasteiger partial charge in [0.15, 0.2) is 13.1 Å². The summed E-state index contributed by atoms with van der Waals surface area (Å²) >= 11 is 5.84. The number of quaternary nitrogens is 1. The highest BCUT2D eigenvalue weighted by Crippen LogP contribution is 2.17. The molecular weight excluding hydrogens is 362 g/mol. The highest BCUT2D eigenvalue weighted by molar-refractivity contribution is 6.30. The van der Waals surface area contributed by atoms with E-state index >= 15 is 0 Å². The van der Waals surface area contributed by atoms with E-state index in [9.17, 15) is 9.59 Å². The zero-order valence-electron chi connectivity index (χ0n) is 15.8. The van der Waals surface area contributed by atoms with Crippen molar-refractivity contribution in [2.75, 3.05) is 25.5 Å². The van der Waals surface area contributed by atoms with Crippen LogP contribution in [-0.4, -0.2) is 32.0 Å². The van der Waals surface area contributed by atoms with Crippen LogP contribution in [0.2, 0.25) is 5.02 Å². The van der Waals surface area contributed by atoms with Crippen LogP contribution in [0, 0.1) is 0 Å². The molecule has 0 aliphatic rings. The van der Waals surface area contributed by atoms with Crippen LogP contribution in [-0.2, 0) is 9.59 Å². The summed E-state index contributed by atoms with van der Waals surface area (Å²) < 4.78 is 0. The van der Waals surface area contributed by atoms with E-state index in [4.69, 9.17) is 11.6 Å². The molecule has 2 aromatic carbocycles. The highest BCUT2D eigenvalue weighted by atomic mass is 35.5. The largest absolute Gasteiger partial charge is 0.344 e. The van der Waals surface area contributed by atoms with Gasteiger partial charge in [-0.1, -0.05) is 55.3 Å². The fourth-order valence-electron chi connectivity index (χ4n) is 2.89. The molecule has 144 valence electrons. The molecule has 2 atom stereocenters. The number of carbonyl (C=O) groups is 2. The lowest BCUT2D eigenvalue weighted by Crippen LogP contribution is -3.11. The van der Waals surface area contributed by atoms with Gasteiger partial charge in [0.2, 0.25) is 0 Å². The van der Waals surface area contributed by atoms with Gasteiger partial charge in [0.25, 0.3) is 11.8 Å². The Hall–Kier alpha value is -2.37. The van der Waals surface area contributed by atoms with Gasteiger partial charge in [-0.3, -0.25) is 9.59 Å². The Morgan fingerprint density at radius 2 is 1.63 bits per heavy atom. The maximum atomic E-state index is 12.4. The van der Waals surface area contributed by atoms with E-state index in [0.717, 1.165) is 23.3 Å². The summed E-state index contributed by atoms with van der Waals surface area (Å²) in [5.41, 5.74) is 1.79. The van der Waals surface area contributed by atoms with E-state index < -0.39 is 0 Å². The minimum absolute atomic E-state index is 0.000561. The van der Waals surface area contributed by atoms with Gasteiger partial charge in [-0.2, -0.15) is 0 Å². The molecule has 27 heavy (non-hydrogen) atoms. The molecule has 3 N–H and O–H groups in total. The van der Waals surface area contributed by atoms with Gasteiger partial charge in [0.1, 0.15) is 0 Å². The quantitative estimate of drug-likeness (QED) is 0.618. The van der Waals surface area contributed by atoms with Crippen LogP contribution in [0.15, 0.2) is 54.6 Å². The number of anilines is 1. The van der Waals surface area contributed by atoms with Crippen LogP contribution in [0.1, 0.15) is 31.4 Å². The number of carbonyl (C=O) groups excluding carboxylic acids is 2. The third kappa shape index (κ3) is 7.41. The molecule has 6 heteroatoms. The van der Waals surface area contributed by atoms with Gasteiger partial charge in [-0.05, 0) is 36.2 Å². The van der Waals surface area contributed by atoms with Gasteiger partial charge in [0.05, 0.1) is 13.1 Å². The third-order valence-corrected chi connectivity index (χ3v) is 4.42. The van der Waals surface area contributed by atoms with Crippen molar-refractivity contribution in [1.82, 2.24) is 5.32 Å². The molecule has 0 fully saturated rings. The van der Waals surface area contributed by atoms with Crippen LogP contribution in [0.3, 0.4) is 0 Å². The van der Waals surface area contributed by atoms with E-state index in [0.29, 0.717) is 10.7 Å². The van der Waals surface area contributed by atoms with Crippen LogP contribution < -0.4 is 15.5 Å². The fourth-order valence-corrected chi connectivity index (χ4v) is 3.02. The minimum atomic E-state index is -0.143. The number of amides is 2. The number of halogens is 1. The first-order valence-corrected chi connectivity index (χ1v) is 9.56. The summed E-state index contributed by atoms with van der Waals surface area (Å²) in [6, 6.07) is 16.9. The number of hydrogen-bond donors (Lipinski definition) is 3. The molecule has 0 aliphatic heterocycles. The summed E-state index contributed by atoms with van der Waals surface area (Å²) in [4.78, 5) is 25.4. The number of rotatable bonds is 9. The van der Waals surface area contributed by atoms with Crippen molar-refractivity contribution in [2.24, 2.45) is 0 Å². The zero-order chi connectivity index (χ0) is 19.6. The fraction of sp³-hybridized carbons (Fsp3) is 0.333. The Morgan fingerprint density at radius 1 is 1.00 bits per heavy atom. The molecule has 5 nitrogen and oxygen atoms in total. The van der Waals surface area contributed by atoms with Gasteiger partial charge >= 0.3 is 0 Å². The summed E-state index contributed by atoms with van der Waals surface area (Å²) in [5, 5.41) is 6.52. The van der Waals surface area contributed by atoms with Crippen molar-refractivity contribution in [2.45, 2.75) is 25.8 Å². The standard InChI is InChI=1S/C21H26ClN3O2/c1-3-7-19(16-8-5-4-6-9-16)24-21(27)15-25(2)14-20(26)23-18-12-10-17(22)11-13-18/h4-6,8-13,19H,3,7,14-15H2,1-2H3,(H,23,26)(H,24,27)/p+1/t19-/m0/s1. The monoisotopic (exact) mass is 388 g/mol. The number of likely N-dealkylation sites (N-methyl/N-ethyl adjacent to an activating group) is 1. The molecule has 2 aromatic rings. The van der Waals surface area contributed by atoms with E-state index in [2.05, 4.69) is 17.6 Å². The van der Waals surface area contributed by atoms with E-state index in [1.807, 2.05) is 37.4 Å². The van der Waals surface area contributed by atoms with Crippen molar-refractivity contribution in [1.29, 1.82) is 0 Å². The molecule has 0 heterocycles. The second-order valence-corrected chi connectivity index (χ2v) is 7.12. The number of hydrogen-bond acceptors (Lipinski definition) is 2. The molecule has 1 unspecified atom stereocenters. The molecule has 0 saturated carbocycles. The number of nitrogens with one attached hydrogen (secondary N) is 3. The average Bonchev–Trinajstić information content (AvgIpc) is 2.63. The summed E-state index contributed by atoms with van der Waals surface area (Å²) in [7, 11) is 1.83. The normalized spacial score (nSPS) is 12.9. The highest BCUT2D eigenvalue weighted by Gasteiger charge is 2.18. The van der Waals surface area contributed by atoms with Crippen molar-refractivity contribution < 1.29 is 14.5 Å². The second-order valence-electron chi connectivity index (χ2n) is 6.69. The SMILES string of the molecule is CCC[C@H](NC(=O)C[NH+](C)CC(=O)Nc1ccc(Cl)cc1)c1ccccc1. The molecule has 0 aliphatic carbocycles. The maximum absolute atomic E-state index is 12.4. The number of benzene rings is 2. The van der Waals surface area contributed by atoms with Gasteiger partial charge < -0.3 is 15.5 Å². The Labute approximate surface area is 165 Å². The first-order valence-electron chi connectivity index (χ1n) is 9.19.